The molecule has 0 saturated heterocycles. The van der Waals surface area contributed by atoms with Gasteiger partial charge in [0.05, 0.1) is 0 Å². The molecule has 0 fully saturated rings. The molecule has 0 aromatic carbocycles. The van der Waals surface area contributed by atoms with Crippen LogP contribution in [0.4, 0.5) is 0 Å². The highest BCUT2D eigenvalue weighted by Crippen LogP contribution is 2.24. The van der Waals surface area contributed by atoms with Gasteiger partial charge in [-0.25, -0.2) is 0 Å². The molecule has 0 saturated carbocycles. The molecule has 1 aliphatic carbocycles. The molecule has 0 heterocycles. The molecule has 0 aromatic heterocycles. The van der Waals surface area contributed by atoms with Crippen LogP contribution in [0, 0.1) is 5.92 Å². The lowest BCUT2D eigenvalue weighted by Gasteiger charge is -2.16. The zero-order valence-electron chi connectivity index (χ0n) is 8.46. The van der Waals surface area contributed by atoms with Gasteiger partial charge in [0, 0.05) is 13.3 Å². The van der Waals surface area contributed by atoms with E-state index in [1.807, 2.05) is 6.08 Å². The summed E-state index contributed by atoms with van der Waals surface area (Å²) in [7, 11) is 0. The molecule has 0 aliphatic heterocycles. The number of allylic oxidation sites excluding steroid dienone is 4. The van der Waals surface area contributed by atoms with E-state index in [0.29, 0.717) is 5.92 Å². The molecule has 1 aliphatic rings. The fourth-order valence-electron chi connectivity index (χ4n) is 1.38. The Hall–Kier alpha value is -1.05. The van der Waals surface area contributed by atoms with E-state index in [-0.39, 0.29) is 5.97 Å². The monoisotopic (exact) mass is 180 g/mol. The Morgan fingerprint density at radius 2 is 2.08 bits per heavy atom. The first-order chi connectivity index (χ1) is 6.09. The maximum absolute atomic E-state index is 10.6. The number of ether oxygens (including phenoxy) is 1. The fourth-order valence-corrected chi connectivity index (χ4v) is 1.38. The molecule has 0 unspecified atom stereocenters. The molecule has 13 heavy (non-hydrogen) atoms. The summed E-state index contributed by atoms with van der Waals surface area (Å²) >= 11 is 0. The summed E-state index contributed by atoms with van der Waals surface area (Å²) in [4.78, 5) is 10.6. The minimum absolute atomic E-state index is 0.229. The van der Waals surface area contributed by atoms with E-state index in [1.54, 1.807) is 0 Å². The number of carbonyl (C=O) groups excluding carboxylic acids is 1. The van der Waals surface area contributed by atoms with Gasteiger partial charge in [-0.15, -0.1) is 0 Å². The number of hydrogen-bond acceptors (Lipinski definition) is 2. The topological polar surface area (TPSA) is 26.3 Å². The SMILES string of the molecule is CC(=O)OC1=CC=C(C(C)C)CC1. The summed E-state index contributed by atoms with van der Waals surface area (Å²) in [6.45, 7) is 5.79. The van der Waals surface area contributed by atoms with Crippen LogP contribution in [0.3, 0.4) is 0 Å². The summed E-state index contributed by atoms with van der Waals surface area (Å²) in [5.41, 5.74) is 1.43. The highest BCUT2D eigenvalue weighted by atomic mass is 16.5. The highest BCUT2D eigenvalue weighted by molar-refractivity contribution is 5.67. The summed E-state index contributed by atoms with van der Waals surface area (Å²) in [6.07, 6.45) is 5.83. The predicted molar refractivity (Wildman–Crippen MR) is 52.0 cm³/mol. The Bertz CT molecular complexity index is 259. The third-order valence-electron chi connectivity index (χ3n) is 2.16. The van der Waals surface area contributed by atoms with Crippen molar-refractivity contribution in [2.45, 2.75) is 33.6 Å². The molecule has 0 atom stereocenters. The standard InChI is InChI=1S/C11H16O2/c1-8(2)10-4-6-11(7-5-10)13-9(3)12/h4,6,8H,5,7H2,1-3H3. The van der Waals surface area contributed by atoms with E-state index < -0.39 is 0 Å². The zero-order valence-corrected chi connectivity index (χ0v) is 8.46. The van der Waals surface area contributed by atoms with Crippen LogP contribution in [-0.4, -0.2) is 5.97 Å². The normalized spacial score (nSPS) is 16.6. The van der Waals surface area contributed by atoms with Crippen molar-refractivity contribution in [3.8, 4) is 0 Å². The Labute approximate surface area is 79.3 Å². The lowest BCUT2D eigenvalue weighted by molar-refractivity contribution is -0.137. The molecule has 2 nitrogen and oxygen atoms in total. The van der Waals surface area contributed by atoms with Crippen molar-refractivity contribution < 1.29 is 9.53 Å². The van der Waals surface area contributed by atoms with Crippen LogP contribution in [-0.2, 0) is 9.53 Å². The summed E-state index contributed by atoms with van der Waals surface area (Å²) < 4.78 is 5.00. The van der Waals surface area contributed by atoms with Gasteiger partial charge >= 0.3 is 5.97 Å². The summed E-state index contributed by atoms with van der Waals surface area (Å²) in [6, 6.07) is 0. The van der Waals surface area contributed by atoms with Crippen LogP contribution in [0.5, 0.6) is 0 Å². The average molecular weight is 180 g/mol. The highest BCUT2D eigenvalue weighted by Gasteiger charge is 2.10. The Morgan fingerprint density at radius 1 is 1.38 bits per heavy atom. The van der Waals surface area contributed by atoms with Gasteiger partial charge in [-0.05, 0) is 18.4 Å². The third kappa shape index (κ3) is 3.05. The quantitative estimate of drug-likeness (QED) is 0.611. The van der Waals surface area contributed by atoms with E-state index in [2.05, 4.69) is 19.9 Å². The van der Waals surface area contributed by atoms with Gasteiger partial charge in [0.15, 0.2) is 0 Å². The van der Waals surface area contributed by atoms with Crippen LogP contribution >= 0.6 is 0 Å². The minimum Gasteiger partial charge on any atom is -0.431 e. The van der Waals surface area contributed by atoms with Crippen LogP contribution in [0.1, 0.15) is 33.6 Å². The second kappa shape index (κ2) is 4.26. The van der Waals surface area contributed by atoms with E-state index in [9.17, 15) is 4.79 Å². The minimum atomic E-state index is -0.229. The van der Waals surface area contributed by atoms with Gasteiger partial charge < -0.3 is 4.74 Å². The second-order valence-corrected chi connectivity index (χ2v) is 3.62. The average Bonchev–Trinajstić information content (AvgIpc) is 2.04. The molecular weight excluding hydrogens is 164 g/mol. The zero-order chi connectivity index (χ0) is 9.84. The molecular formula is C11H16O2. The van der Waals surface area contributed by atoms with E-state index >= 15 is 0 Å². The first kappa shape index (κ1) is 10.0. The summed E-state index contributed by atoms with van der Waals surface area (Å²) in [5.74, 6) is 1.15. The fraction of sp³-hybridized carbons (Fsp3) is 0.545. The lowest BCUT2D eigenvalue weighted by atomic mass is 9.94. The molecule has 0 amide bonds. The van der Waals surface area contributed by atoms with Crippen molar-refractivity contribution in [1.82, 2.24) is 0 Å². The maximum atomic E-state index is 10.6. The number of carbonyl (C=O) groups is 1. The van der Waals surface area contributed by atoms with Crippen LogP contribution < -0.4 is 0 Å². The molecule has 0 bridgehead atoms. The predicted octanol–water partition coefficient (Wildman–Crippen LogP) is 2.81. The molecule has 0 N–H and O–H groups in total. The molecule has 0 aromatic rings. The van der Waals surface area contributed by atoms with Gasteiger partial charge in [0.1, 0.15) is 5.76 Å². The lowest BCUT2D eigenvalue weighted by Crippen LogP contribution is -2.04. The van der Waals surface area contributed by atoms with E-state index in [4.69, 9.17) is 4.74 Å². The van der Waals surface area contributed by atoms with Crippen LogP contribution in [0.15, 0.2) is 23.5 Å². The van der Waals surface area contributed by atoms with Crippen molar-refractivity contribution in [3.63, 3.8) is 0 Å². The summed E-state index contributed by atoms with van der Waals surface area (Å²) in [5, 5.41) is 0. The van der Waals surface area contributed by atoms with Gasteiger partial charge in [-0.1, -0.05) is 25.5 Å². The molecule has 0 radical (unpaired) electrons. The number of rotatable bonds is 2. The third-order valence-corrected chi connectivity index (χ3v) is 2.16. The van der Waals surface area contributed by atoms with E-state index in [1.165, 1.54) is 12.5 Å². The Balaban J connectivity index is 2.59. The number of esters is 1. The number of hydrogen-bond donors (Lipinski definition) is 0. The van der Waals surface area contributed by atoms with Gasteiger partial charge in [0.25, 0.3) is 0 Å². The van der Waals surface area contributed by atoms with Crippen LogP contribution in [0.25, 0.3) is 0 Å². The first-order valence-corrected chi connectivity index (χ1v) is 4.67. The van der Waals surface area contributed by atoms with Gasteiger partial charge in [-0.2, -0.15) is 0 Å². The van der Waals surface area contributed by atoms with Crippen molar-refractivity contribution in [3.05, 3.63) is 23.5 Å². The van der Waals surface area contributed by atoms with Crippen molar-refractivity contribution in [1.29, 1.82) is 0 Å². The maximum Gasteiger partial charge on any atom is 0.307 e. The Morgan fingerprint density at radius 3 is 2.46 bits per heavy atom. The molecule has 0 spiro atoms. The van der Waals surface area contributed by atoms with Crippen molar-refractivity contribution in [2.24, 2.45) is 5.92 Å². The smallest absolute Gasteiger partial charge is 0.307 e. The first-order valence-electron chi connectivity index (χ1n) is 4.67. The van der Waals surface area contributed by atoms with E-state index in [0.717, 1.165) is 18.6 Å². The second-order valence-electron chi connectivity index (χ2n) is 3.62. The molecule has 1 rings (SSSR count). The van der Waals surface area contributed by atoms with Gasteiger partial charge in [0.2, 0.25) is 0 Å². The molecule has 72 valence electrons. The van der Waals surface area contributed by atoms with Crippen molar-refractivity contribution in [2.75, 3.05) is 0 Å². The van der Waals surface area contributed by atoms with Gasteiger partial charge in [-0.3, -0.25) is 4.79 Å². The molecule has 2 heteroatoms. The Kier molecular flexibility index (Phi) is 3.29. The van der Waals surface area contributed by atoms with Crippen molar-refractivity contribution >= 4 is 5.97 Å². The largest absolute Gasteiger partial charge is 0.431 e. The van der Waals surface area contributed by atoms with Crippen LogP contribution in [0.2, 0.25) is 0 Å².